The molecule has 0 amide bonds. The number of nitrogens with one attached hydrogen (secondary N) is 1. The van der Waals surface area contributed by atoms with E-state index in [-0.39, 0.29) is 6.04 Å². The molecule has 118 valence electrons. The first-order valence-corrected chi connectivity index (χ1v) is 10.2. The van der Waals surface area contributed by atoms with Crippen molar-refractivity contribution in [1.29, 1.82) is 0 Å². The van der Waals surface area contributed by atoms with Gasteiger partial charge in [-0.3, -0.25) is 0 Å². The molecule has 2 aliphatic carbocycles. The van der Waals surface area contributed by atoms with E-state index < -0.39 is 10.0 Å². The molecule has 0 radical (unpaired) electrons. The Morgan fingerprint density at radius 3 is 2.57 bits per heavy atom. The molecule has 6 heteroatoms. The molecule has 0 aliphatic heterocycles. The summed E-state index contributed by atoms with van der Waals surface area (Å²) < 4.78 is 27.9. The molecule has 21 heavy (non-hydrogen) atoms. The molecule has 2 saturated carbocycles. The lowest BCUT2D eigenvalue weighted by Gasteiger charge is -2.25. The first-order valence-electron chi connectivity index (χ1n) is 7.95. The topological polar surface area (TPSA) is 49.4 Å². The molecule has 2 aliphatic rings. The highest BCUT2D eigenvalue weighted by Crippen LogP contribution is 2.31. The fourth-order valence-corrected chi connectivity index (χ4v) is 6.19. The van der Waals surface area contributed by atoms with Crippen LogP contribution in [-0.2, 0) is 16.6 Å². The molecule has 1 heterocycles. The lowest BCUT2D eigenvalue weighted by Crippen LogP contribution is -2.38. The largest absolute Gasteiger partial charge is 0.309 e. The van der Waals surface area contributed by atoms with Gasteiger partial charge in [-0.2, -0.15) is 4.31 Å². The number of nitrogens with zero attached hydrogens (tertiary/aromatic N) is 1. The third-order valence-corrected chi connectivity index (χ3v) is 7.97. The van der Waals surface area contributed by atoms with Crippen LogP contribution in [0.25, 0.3) is 0 Å². The van der Waals surface area contributed by atoms with Crippen LogP contribution in [0.1, 0.15) is 50.3 Å². The van der Waals surface area contributed by atoms with E-state index in [0.717, 1.165) is 37.1 Å². The first kappa shape index (κ1) is 15.5. The highest BCUT2D eigenvalue weighted by atomic mass is 32.2. The van der Waals surface area contributed by atoms with Gasteiger partial charge in [0, 0.05) is 30.1 Å². The third kappa shape index (κ3) is 3.50. The van der Waals surface area contributed by atoms with Gasteiger partial charge in [0.05, 0.1) is 0 Å². The van der Waals surface area contributed by atoms with Crippen LogP contribution in [0.2, 0.25) is 0 Å². The second-order valence-corrected chi connectivity index (χ2v) is 9.31. The molecule has 0 spiro atoms. The van der Waals surface area contributed by atoms with Crippen LogP contribution >= 0.6 is 11.3 Å². The Bertz CT molecular complexity index is 572. The Kier molecular flexibility index (Phi) is 4.69. The number of sulfonamides is 1. The Morgan fingerprint density at radius 1 is 1.24 bits per heavy atom. The molecule has 4 nitrogen and oxygen atoms in total. The van der Waals surface area contributed by atoms with Crippen molar-refractivity contribution in [2.45, 2.75) is 68.3 Å². The highest BCUT2D eigenvalue weighted by molar-refractivity contribution is 7.91. The van der Waals surface area contributed by atoms with Crippen LogP contribution < -0.4 is 5.32 Å². The smallest absolute Gasteiger partial charge is 0.252 e. The van der Waals surface area contributed by atoms with Crippen molar-refractivity contribution in [1.82, 2.24) is 9.62 Å². The summed E-state index contributed by atoms with van der Waals surface area (Å²) in [6.07, 6.45) is 6.82. The zero-order valence-corrected chi connectivity index (χ0v) is 14.2. The molecular weight excluding hydrogens is 304 g/mol. The zero-order valence-electron chi connectivity index (χ0n) is 12.5. The fourth-order valence-electron chi connectivity index (χ4n) is 3.06. The number of hydrogen-bond donors (Lipinski definition) is 1. The Hall–Kier alpha value is -0.430. The monoisotopic (exact) mass is 328 g/mol. The van der Waals surface area contributed by atoms with Crippen LogP contribution in [0.15, 0.2) is 16.3 Å². The lowest BCUT2D eigenvalue weighted by molar-refractivity contribution is 0.336. The van der Waals surface area contributed by atoms with E-state index in [0.29, 0.717) is 16.8 Å². The van der Waals surface area contributed by atoms with Gasteiger partial charge in [-0.1, -0.05) is 19.8 Å². The second-order valence-electron chi connectivity index (χ2n) is 6.02. The highest BCUT2D eigenvalue weighted by Gasteiger charge is 2.33. The molecule has 1 N–H and O–H groups in total. The summed E-state index contributed by atoms with van der Waals surface area (Å²) in [6, 6.07) is 4.59. The van der Waals surface area contributed by atoms with E-state index in [4.69, 9.17) is 0 Å². The zero-order chi connectivity index (χ0) is 14.9. The SMILES string of the molecule is CCN(C1CCCC1)S(=O)(=O)c1ccc(CNC2CC2)s1. The molecule has 0 unspecified atom stereocenters. The average Bonchev–Trinajstić information content (AvgIpc) is 2.93. The van der Waals surface area contributed by atoms with E-state index in [1.54, 1.807) is 10.4 Å². The molecule has 0 atom stereocenters. The van der Waals surface area contributed by atoms with Gasteiger partial charge in [0.1, 0.15) is 4.21 Å². The Balaban J connectivity index is 1.72. The summed E-state index contributed by atoms with van der Waals surface area (Å²) in [6.45, 7) is 3.31. The van der Waals surface area contributed by atoms with Crippen molar-refractivity contribution in [3.8, 4) is 0 Å². The van der Waals surface area contributed by atoms with Gasteiger partial charge < -0.3 is 5.32 Å². The maximum Gasteiger partial charge on any atom is 0.252 e. The predicted molar refractivity (Wildman–Crippen MR) is 86.0 cm³/mol. The molecule has 1 aromatic heterocycles. The van der Waals surface area contributed by atoms with Crippen LogP contribution in [0.5, 0.6) is 0 Å². The van der Waals surface area contributed by atoms with E-state index in [9.17, 15) is 8.42 Å². The summed E-state index contributed by atoms with van der Waals surface area (Å²) in [5.74, 6) is 0. The van der Waals surface area contributed by atoms with Crippen LogP contribution in [0.4, 0.5) is 0 Å². The number of rotatable bonds is 7. The van der Waals surface area contributed by atoms with Gasteiger partial charge in [-0.25, -0.2) is 8.42 Å². The molecule has 0 saturated heterocycles. The van der Waals surface area contributed by atoms with Crippen LogP contribution in [0, 0.1) is 0 Å². The van der Waals surface area contributed by atoms with E-state index >= 15 is 0 Å². The Morgan fingerprint density at radius 2 is 1.95 bits per heavy atom. The standard InChI is InChI=1S/C15H24N2O2S2/c1-2-17(13-5-3-4-6-13)21(18,19)15-10-9-14(20-15)11-16-12-7-8-12/h9-10,12-13,16H,2-8,11H2,1H3. The minimum absolute atomic E-state index is 0.204. The summed E-state index contributed by atoms with van der Waals surface area (Å²) in [4.78, 5) is 1.11. The molecular formula is C15H24N2O2S2. The number of thiophene rings is 1. The van der Waals surface area contributed by atoms with Crippen molar-refractivity contribution in [3.63, 3.8) is 0 Å². The summed E-state index contributed by atoms with van der Waals surface area (Å²) in [5.41, 5.74) is 0. The quantitative estimate of drug-likeness (QED) is 0.837. The first-order chi connectivity index (χ1) is 10.1. The molecule has 0 bridgehead atoms. The summed E-state index contributed by atoms with van der Waals surface area (Å²) in [5, 5.41) is 3.44. The van der Waals surface area contributed by atoms with Crippen LogP contribution in [0.3, 0.4) is 0 Å². The van der Waals surface area contributed by atoms with Gasteiger partial charge in [0.25, 0.3) is 10.0 Å². The minimum atomic E-state index is -3.31. The van der Waals surface area contributed by atoms with Crippen molar-refractivity contribution < 1.29 is 8.42 Å². The van der Waals surface area contributed by atoms with Crippen molar-refractivity contribution in [2.75, 3.05) is 6.54 Å². The van der Waals surface area contributed by atoms with Gasteiger partial charge in [-0.15, -0.1) is 11.3 Å². The molecule has 1 aromatic rings. The maximum atomic E-state index is 12.8. The van der Waals surface area contributed by atoms with Gasteiger partial charge >= 0.3 is 0 Å². The summed E-state index contributed by atoms with van der Waals surface area (Å²) >= 11 is 1.42. The maximum absolute atomic E-state index is 12.8. The van der Waals surface area contributed by atoms with Crippen molar-refractivity contribution in [3.05, 3.63) is 17.0 Å². The predicted octanol–water partition coefficient (Wildman–Crippen LogP) is 2.95. The average molecular weight is 329 g/mol. The molecule has 2 fully saturated rings. The van der Waals surface area contributed by atoms with Gasteiger partial charge in [0.2, 0.25) is 0 Å². The minimum Gasteiger partial charge on any atom is -0.309 e. The second kappa shape index (κ2) is 6.36. The Labute approximate surface area is 131 Å². The number of hydrogen-bond acceptors (Lipinski definition) is 4. The van der Waals surface area contributed by atoms with Crippen molar-refractivity contribution in [2.24, 2.45) is 0 Å². The van der Waals surface area contributed by atoms with Gasteiger partial charge in [0.15, 0.2) is 0 Å². The van der Waals surface area contributed by atoms with Crippen molar-refractivity contribution >= 4 is 21.4 Å². The van der Waals surface area contributed by atoms with E-state index in [1.165, 1.54) is 24.2 Å². The fraction of sp³-hybridized carbons (Fsp3) is 0.733. The van der Waals surface area contributed by atoms with E-state index in [1.807, 2.05) is 13.0 Å². The normalized spacial score (nSPS) is 20.5. The molecule has 0 aromatic carbocycles. The summed E-state index contributed by atoms with van der Waals surface area (Å²) in [7, 11) is -3.31. The third-order valence-electron chi connectivity index (χ3n) is 4.39. The molecule has 3 rings (SSSR count). The van der Waals surface area contributed by atoms with Gasteiger partial charge in [-0.05, 0) is 37.8 Å². The van der Waals surface area contributed by atoms with E-state index in [2.05, 4.69) is 5.32 Å². The van der Waals surface area contributed by atoms with Crippen LogP contribution in [-0.4, -0.2) is 31.4 Å². The lowest BCUT2D eigenvalue weighted by atomic mass is 10.2.